The first-order valence-corrected chi connectivity index (χ1v) is 10.5. The number of alkyl halides is 3. The number of rotatable bonds is 6. The second-order valence-electron chi connectivity index (χ2n) is 8.49. The fourth-order valence-electron chi connectivity index (χ4n) is 4.09. The van der Waals surface area contributed by atoms with Gasteiger partial charge in [0.25, 0.3) is 0 Å². The summed E-state index contributed by atoms with van der Waals surface area (Å²) >= 11 is 0. The van der Waals surface area contributed by atoms with Crippen LogP contribution in [0.3, 0.4) is 0 Å². The average molecular weight is 445 g/mol. The van der Waals surface area contributed by atoms with E-state index in [2.05, 4.69) is 11.2 Å². The number of ether oxygens (including phenoxy) is 1. The van der Waals surface area contributed by atoms with Crippen LogP contribution in [0.1, 0.15) is 46.7 Å². The standard InChI is InChI=1S/C24H27F3N4O/c1-14-11-22(15(2)10-18(14)20-12-23(24(25,26)27)31(4)29-20)32-13-19-17(16-8-9-16)6-5-7-21(19)30(3)28/h5-7,10-12,16H,8-9,13,28H2,1-4H3. The van der Waals surface area contributed by atoms with Gasteiger partial charge in [-0.3, -0.25) is 4.68 Å². The molecule has 0 bridgehead atoms. The molecule has 0 spiro atoms. The molecule has 0 radical (unpaired) electrons. The van der Waals surface area contributed by atoms with E-state index in [1.165, 1.54) is 25.5 Å². The van der Waals surface area contributed by atoms with Crippen LogP contribution in [-0.2, 0) is 19.8 Å². The monoisotopic (exact) mass is 444 g/mol. The fraction of sp³-hybridized carbons (Fsp3) is 0.375. The Kier molecular flexibility index (Phi) is 5.67. The molecule has 0 atom stereocenters. The van der Waals surface area contributed by atoms with Gasteiger partial charge >= 0.3 is 6.18 Å². The smallest absolute Gasteiger partial charge is 0.433 e. The third-order valence-electron chi connectivity index (χ3n) is 5.92. The molecule has 0 amide bonds. The van der Waals surface area contributed by atoms with E-state index in [0.29, 0.717) is 23.8 Å². The summed E-state index contributed by atoms with van der Waals surface area (Å²) in [5, 5.41) is 5.68. The predicted molar refractivity (Wildman–Crippen MR) is 118 cm³/mol. The highest BCUT2D eigenvalue weighted by atomic mass is 19.4. The lowest BCUT2D eigenvalue weighted by atomic mass is 10.0. The molecule has 1 aliphatic carbocycles. The van der Waals surface area contributed by atoms with Crippen molar-refractivity contribution in [3.05, 3.63) is 64.3 Å². The van der Waals surface area contributed by atoms with Crippen LogP contribution in [0.5, 0.6) is 5.75 Å². The third-order valence-corrected chi connectivity index (χ3v) is 5.92. The van der Waals surface area contributed by atoms with Crippen molar-refractivity contribution in [3.63, 3.8) is 0 Å². The minimum atomic E-state index is -4.45. The summed E-state index contributed by atoms with van der Waals surface area (Å²) in [6.45, 7) is 4.10. The number of hydrogen-bond donors (Lipinski definition) is 1. The van der Waals surface area contributed by atoms with E-state index in [1.54, 1.807) is 5.01 Å². The van der Waals surface area contributed by atoms with Crippen LogP contribution >= 0.6 is 0 Å². The predicted octanol–water partition coefficient (Wildman–Crippen LogP) is 5.49. The topological polar surface area (TPSA) is 56.3 Å². The van der Waals surface area contributed by atoms with Gasteiger partial charge in [-0.25, -0.2) is 5.84 Å². The van der Waals surface area contributed by atoms with E-state index in [4.69, 9.17) is 10.6 Å². The summed E-state index contributed by atoms with van der Waals surface area (Å²) in [6.07, 6.45) is -2.11. The minimum absolute atomic E-state index is 0.290. The number of nitrogens with zero attached hydrogens (tertiary/aromatic N) is 3. The molecule has 4 rings (SSSR count). The molecule has 5 nitrogen and oxygen atoms in total. The minimum Gasteiger partial charge on any atom is -0.489 e. The molecule has 1 heterocycles. The van der Waals surface area contributed by atoms with Crippen LogP contribution < -0.4 is 15.6 Å². The first-order valence-electron chi connectivity index (χ1n) is 10.5. The van der Waals surface area contributed by atoms with Gasteiger partial charge in [-0.1, -0.05) is 12.1 Å². The van der Waals surface area contributed by atoms with E-state index in [-0.39, 0.29) is 5.69 Å². The van der Waals surface area contributed by atoms with Crippen LogP contribution in [0, 0.1) is 13.8 Å². The van der Waals surface area contributed by atoms with Gasteiger partial charge < -0.3 is 9.75 Å². The van der Waals surface area contributed by atoms with Crippen molar-refractivity contribution in [3.8, 4) is 17.0 Å². The Labute approximate surface area is 185 Å². The Morgan fingerprint density at radius 2 is 1.88 bits per heavy atom. The van der Waals surface area contributed by atoms with Gasteiger partial charge in [0.15, 0.2) is 0 Å². The van der Waals surface area contributed by atoms with Gasteiger partial charge in [0.05, 0.1) is 11.4 Å². The molecule has 2 N–H and O–H groups in total. The molecule has 170 valence electrons. The maximum absolute atomic E-state index is 13.2. The zero-order chi connectivity index (χ0) is 23.2. The lowest BCUT2D eigenvalue weighted by molar-refractivity contribution is -0.143. The van der Waals surface area contributed by atoms with Crippen LogP contribution in [0.15, 0.2) is 36.4 Å². The van der Waals surface area contributed by atoms with E-state index >= 15 is 0 Å². The Balaban J connectivity index is 1.62. The van der Waals surface area contributed by atoms with Crippen LogP contribution in [0.4, 0.5) is 18.9 Å². The van der Waals surface area contributed by atoms with Gasteiger partial charge in [-0.15, -0.1) is 0 Å². The molecule has 3 aromatic rings. The highest BCUT2D eigenvalue weighted by Crippen LogP contribution is 2.44. The Bertz CT molecular complexity index is 1130. The van der Waals surface area contributed by atoms with Gasteiger partial charge in [0, 0.05) is 25.2 Å². The molecule has 1 fully saturated rings. The molecule has 0 unspecified atom stereocenters. The number of hydrazine groups is 1. The summed E-state index contributed by atoms with van der Waals surface area (Å²) in [6, 6.07) is 10.9. The number of anilines is 1. The SMILES string of the molecule is Cc1cc(-c2cc(C(F)(F)F)n(C)n2)c(C)cc1OCc1c(C2CC2)cccc1N(C)N. The molecular formula is C24H27F3N4O. The third kappa shape index (κ3) is 4.32. The lowest BCUT2D eigenvalue weighted by Crippen LogP contribution is -2.27. The van der Waals surface area contributed by atoms with Crippen molar-refractivity contribution in [1.29, 1.82) is 0 Å². The summed E-state index contributed by atoms with van der Waals surface area (Å²) in [7, 11) is 3.11. The fourth-order valence-corrected chi connectivity index (χ4v) is 4.09. The zero-order valence-corrected chi connectivity index (χ0v) is 18.6. The molecule has 1 aliphatic rings. The molecule has 1 saturated carbocycles. The summed E-state index contributed by atoms with van der Waals surface area (Å²) in [5.74, 6) is 7.28. The number of aryl methyl sites for hydroxylation is 3. The van der Waals surface area contributed by atoms with Gasteiger partial charge in [0.2, 0.25) is 0 Å². The molecule has 0 saturated heterocycles. The van der Waals surface area contributed by atoms with Crippen molar-refractivity contribution >= 4 is 5.69 Å². The molecule has 32 heavy (non-hydrogen) atoms. The lowest BCUT2D eigenvalue weighted by Gasteiger charge is -2.21. The largest absolute Gasteiger partial charge is 0.489 e. The second-order valence-corrected chi connectivity index (χ2v) is 8.49. The van der Waals surface area contributed by atoms with E-state index < -0.39 is 11.9 Å². The average Bonchev–Trinajstić information content (AvgIpc) is 3.48. The highest BCUT2D eigenvalue weighted by molar-refractivity contribution is 5.67. The number of benzene rings is 2. The summed E-state index contributed by atoms with van der Waals surface area (Å²) in [5.41, 5.74) is 5.05. The Hall–Kier alpha value is -3.00. The van der Waals surface area contributed by atoms with E-state index in [1.807, 2.05) is 45.2 Å². The summed E-state index contributed by atoms with van der Waals surface area (Å²) in [4.78, 5) is 0. The molecule has 8 heteroatoms. The van der Waals surface area contributed by atoms with E-state index in [9.17, 15) is 13.2 Å². The van der Waals surface area contributed by atoms with Gasteiger partial charge in [-0.05, 0) is 73.6 Å². The van der Waals surface area contributed by atoms with Crippen molar-refractivity contribution < 1.29 is 17.9 Å². The second kappa shape index (κ2) is 8.16. The normalized spacial score (nSPS) is 14.0. The van der Waals surface area contributed by atoms with Gasteiger partial charge in [-0.2, -0.15) is 18.3 Å². The molecular weight excluding hydrogens is 417 g/mol. The Morgan fingerprint density at radius 1 is 1.16 bits per heavy atom. The van der Waals surface area contributed by atoms with E-state index in [0.717, 1.165) is 33.1 Å². The first kappa shape index (κ1) is 22.2. The van der Waals surface area contributed by atoms with Crippen LogP contribution in [0.2, 0.25) is 0 Å². The maximum Gasteiger partial charge on any atom is 0.433 e. The van der Waals surface area contributed by atoms with Crippen molar-refractivity contribution in [2.75, 3.05) is 12.1 Å². The zero-order valence-electron chi connectivity index (χ0n) is 18.6. The number of nitrogens with two attached hydrogens (primary N) is 1. The maximum atomic E-state index is 13.2. The number of hydrogen-bond acceptors (Lipinski definition) is 4. The molecule has 1 aromatic heterocycles. The Morgan fingerprint density at radius 3 is 2.47 bits per heavy atom. The molecule has 0 aliphatic heterocycles. The van der Waals surface area contributed by atoms with Crippen LogP contribution in [0.25, 0.3) is 11.3 Å². The summed E-state index contributed by atoms with van der Waals surface area (Å²) < 4.78 is 46.6. The quantitative estimate of drug-likeness (QED) is 0.404. The first-order chi connectivity index (χ1) is 15.1. The molecule has 2 aromatic carbocycles. The van der Waals surface area contributed by atoms with Crippen LogP contribution in [-0.4, -0.2) is 16.8 Å². The van der Waals surface area contributed by atoms with Crippen molar-refractivity contribution in [2.45, 2.75) is 45.4 Å². The number of aromatic nitrogens is 2. The highest BCUT2D eigenvalue weighted by Gasteiger charge is 2.35. The van der Waals surface area contributed by atoms with Crippen molar-refractivity contribution in [1.82, 2.24) is 9.78 Å². The van der Waals surface area contributed by atoms with Gasteiger partial charge in [0.1, 0.15) is 18.1 Å². The number of halogens is 3. The van der Waals surface area contributed by atoms with Crippen molar-refractivity contribution in [2.24, 2.45) is 12.9 Å².